The van der Waals surface area contributed by atoms with E-state index in [2.05, 4.69) is 21.9 Å². The van der Waals surface area contributed by atoms with Crippen molar-refractivity contribution in [2.75, 3.05) is 59.3 Å². The van der Waals surface area contributed by atoms with Gasteiger partial charge in [0.2, 0.25) is 12.7 Å². The molecule has 1 aromatic rings. The number of fused-ring (bicyclic) bond motifs is 1. The Hall–Kier alpha value is -1.83. The highest BCUT2D eigenvalue weighted by Crippen LogP contribution is 2.32. The van der Waals surface area contributed by atoms with Crippen LogP contribution in [0.4, 0.5) is 0 Å². The van der Waals surface area contributed by atoms with E-state index in [-0.39, 0.29) is 11.9 Å². The minimum Gasteiger partial charge on any atom is -0.454 e. The number of ether oxygens (including phenoxy) is 3. The van der Waals surface area contributed by atoms with Crippen molar-refractivity contribution in [3.63, 3.8) is 0 Å². The second-order valence-electron chi connectivity index (χ2n) is 7.11. The summed E-state index contributed by atoms with van der Waals surface area (Å²) < 4.78 is 16.2. The van der Waals surface area contributed by atoms with Crippen molar-refractivity contribution in [1.82, 2.24) is 14.7 Å². The van der Waals surface area contributed by atoms with Crippen LogP contribution in [0.25, 0.3) is 0 Å². The monoisotopic (exact) mass is 361 g/mol. The van der Waals surface area contributed by atoms with Gasteiger partial charge in [0.25, 0.3) is 0 Å². The van der Waals surface area contributed by atoms with Gasteiger partial charge in [0.1, 0.15) is 0 Å². The van der Waals surface area contributed by atoms with Crippen LogP contribution >= 0.6 is 0 Å². The molecular weight excluding hydrogens is 334 g/mol. The van der Waals surface area contributed by atoms with Gasteiger partial charge in [0.15, 0.2) is 11.5 Å². The number of piperazine rings is 1. The van der Waals surface area contributed by atoms with Gasteiger partial charge in [-0.05, 0) is 24.6 Å². The lowest BCUT2D eigenvalue weighted by Gasteiger charge is -2.39. The van der Waals surface area contributed by atoms with Crippen molar-refractivity contribution in [1.29, 1.82) is 0 Å². The van der Waals surface area contributed by atoms with Crippen LogP contribution < -0.4 is 9.47 Å². The number of carbonyl (C=O) groups excluding carboxylic acids is 1. The van der Waals surface area contributed by atoms with Crippen molar-refractivity contribution in [3.8, 4) is 11.5 Å². The zero-order chi connectivity index (χ0) is 17.9. The van der Waals surface area contributed by atoms with E-state index in [1.807, 2.05) is 17.9 Å². The molecule has 0 unspecified atom stereocenters. The van der Waals surface area contributed by atoms with E-state index >= 15 is 0 Å². The van der Waals surface area contributed by atoms with Crippen LogP contribution in [0.15, 0.2) is 18.2 Å². The lowest BCUT2D eigenvalue weighted by atomic mass is 10.1. The molecule has 142 valence electrons. The predicted octanol–water partition coefficient (Wildman–Crippen LogP) is 0.780. The minimum atomic E-state index is -0.0548. The second-order valence-corrected chi connectivity index (χ2v) is 7.11. The molecule has 0 aliphatic carbocycles. The van der Waals surface area contributed by atoms with Gasteiger partial charge in [-0.3, -0.25) is 14.6 Å². The third-order valence-electron chi connectivity index (χ3n) is 5.48. The van der Waals surface area contributed by atoms with Gasteiger partial charge >= 0.3 is 0 Å². The van der Waals surface area contributed by atoms with Gasteiger partial charge in [-0.2, -0.15) is 0 Å². The zero-order valence-electron chi connectivity index (χ0n) is 15.4. The Morgan fingerprint density at radius 1 is 1.04 bits per heavy atom. The fraction of sp³-hybridized carbons (Fsp3) is 0.632. The Balaban J connectivity index is 1.27. The normalized spacial score (nSPS) is 22.4. The molecular formula is C19H27N3O4. The number of amides is 1. The maximum atomic E-state index is 12.7. The molecule has 0 saturated carbocycles. The van der Waals surface area contributed by atoms with Crippen molar-refractivity contribution < 1.29 is 19.0 Å². The fourth-order valence-electron chi connectivity index (χ4n) is 3.81. The van der Waals surface area contributed by atoms with Gasteiger partial charge in [0.05, 0.1) is 19.3 Å². The van der Waals surface area contributed by atoms with Crippen LogP contribution in [-0.2, 0) is 16.1 Å². The largest absolute Gasteiger partial charge is 0.454 e. The third-order valence-corrected chi connectivity index (χ3v) is 5.48. The number of nitrogens with zero attached hydrogens (tertiary/aromatic N) is 3. The van der Waals surface area contributed by atoms with E-state index in [9.17, 15) is 4.79 Å². The smallest absolute Gasteiger partial charge is 0.239 e. The first kappa shape index (κ1) is 17.6. The third kappa shape index (κ3) is 3.79. The maximum Gasteiger partial charge on any atom is 0.239 e. The zero-order valence-corrected chi connectivity index (χ0v) is 15.4. The molecule has 1 atom stereocenters. The number of hydrogen-bond donors (Lipinski definition) is 0. The van der Waals surface area contributed by atoms with E-state index in [4.69, 9.17) is 14.2 Å². The molecule has 7 heteroatoms. The van der Waals surface area contributed by atoms with Gasteiger partial charge in [-0.25, -0.2) is 0 Å². The maximum absolute atomic E-state index is 12.7. The Labute approximate surface area is 154 Å². The molecule has 0 N–H and O–H groups in total. The Morgan fingerprint density at radius 3 is 2.54 bits per heavy atom. The lowest BCUT2D eigenvalue weighted by Crippen LogP contribution is -2.55. The van der Waals surface area contributed by atoms with E-state index in [1.165, 1.54) is 5.56 Å². The highest BCUT2D eigenvalue weighted by Gasteiger charge is 2.29. The molecule has 0 bridgehead atoms. The Morgan fingerprint density at radius 2 is 1.77 bits per heavy atom. The van der Waals surface area contributed by atoms with Crippen molar-refractivity contribution >= 4 is 5.91 Å². The highest BCUT2D eigenvalue weighted by atomic mass is 16.7. The summed E-state index contributed by atoms with van der Waals surface area (Å²) >= 11 is 0. The first-order valence-electron chi connectivity index (χ1n) is 9.42. The van der Waals surface area contributed by atoms with Crippen molar-refractivity contribution in [2.24, 2.45) is 0 Å². The standard InChI is InChI=1S/C19H27N3O4/c1-15(19(23)22-8-10-24-11-9-22)21-6-4-20(5-7-21)13-16-2-3-17-18(12-16)26-14-25-17/h2-3,12,15H,4-11,13-14H2,1H3/t15-/m0/s1. The molecule has 1 aromatic carbocycles. The summed E-state index contributed by atoms with van der Waals surface area (Å²) in [6.07, 6.45) is 0. The summed E-state index contributed by atoms with van der Waals surface area (Å²) in [6, 6.07) is 6.10. The van der Waals surface area contributed by atoms with Crippen LogP contribution in [0.1, 0.15) is 12.5 Å². The molecule has 0 spiro atoms. The average molecular weight is 361 g/mol. The predicted molar refractivity (Wildman–Crippen MR) is 96.3 cm³/mol. The van der Waals surface area contributed by atoms with Crippen molar-refractivity contribution in [2.45, 2.75) is 19.5 Å². The van der Waals surface area contributed by atoms with Crippen LogP contribution in [0.3, 0.4) is 0 Å². The Bertz CT molecular complexity index is 640. The first-order valence-corrected chi connectivity index (χ1v) is 9.42. The summed E-state index contributed by atoms with van der Waals surface area (Å²) in [6.45, 7) is 9.76. The molecule has 4 rings (SSSR count). The lowest BCUT2D eigenvalue weighted by molar-refractivity contribution is -0.141. The van der Waals surface area contributed by atoms with E-state index < -0.39 is 0 Å². The molecule has 3 aliphatic heterocycles. The summed E-state index contributed by atoms with van der Waals surface area (Å²) in [5, 5.41) is 0. The summed E-state index contributed by atoms with van der Waals surface area (Å²) in [5.41, 5.74) is 1.24. The molecule has 3 heterocycles. The van der Waals surface area contributed by atoms with E-state index in [0.29, 0.717) is 33.1 Å². The van der Waals surface area contributed by atoms with E-state index in [1.54, 1.807) is 0 Å². The average Bonchev–Trinajstić information content (AvgIpc) is 3.16. The quantitative estimate of drug-likeness (QED) is 0.790. The van der Waals surface area contributed by atoms with Crippen LogP contribution in [-0.4, -0.2) is 85.9 Å². The molecule has 0 aromatic heterocycles. The molecule has 0 radical (unpaired) electrons. The van der Waals surface area contributed by atoms with Gasteiger partial charge in [-0.15, -0.1) is 0 Å². The molecule has 1 amide bonds. The van der Waals surface area contributed by atoms with Gasteiger partial charge in [-0.1, -0.05) is 6.07 Å². The SMILES string of the molecule is C[C@@H](C(=O)N1CCOCC1)N1CCN(Cc2ccc3c(c2)OCO3)CC1. The highest BCUT2D eigenvalue weighted by molar-refractivity contribution is 5.81. The molecule has 7 nitrogen and oxygen atoms in total. The van der Waals surface area contributed by atoms with Crippen molar-refractivity contribution in [3.05, 3.63) is 23.8 Å². The van der Waals surface area contributed by atoms with Crippen LogP contribution in [0.2, 0.25) is 0 Å². The summed E-state index contributed by atoms with van der Waals surface area (Å²) in [7, 11) is 0. The van der Waals surface area contributed by atoms with Crippen LogP contribution in [0, 0.1) is 0 Å². The molecule has 3 aliphatic rings. The molecule has 26 heavy (non-hydrogen) atoms. The Kier molecular flexibility index (Phi) is 5.28. The molecule has 2 saturated heterocycles. The van der Waals surface area contributed by atoms with Gasteiger partial charge in [0, 0.05) is 45.8 Å². The summed E-state index contributed by atoms with van der Waals surface area (Å²) in [4.78, 5) is 19.3. The number of benzene rings is 1. The second kappa shape index (κ2) is 7.82. The number of morpholine rings is 1. The van der Waals surface area contributed by atoms with Crippen LogP contribution in [0.5, 0.6) is 11.5 Å². The number of hydrogen-bond acceptors (Lipinski definition) is 6. The fourth-order valence-corrected chi connectivity index (χ4v) is 3.81. The summed E-state index contributed by atoms with van der Waals surface area (Å²) in [5.74, 6) is 1.90. The topological polar surface area (TPSA) is 54.5 Å². The number of rotatable bonds is 4. The van der Waals surface area contributed by atoms with Gasteiger partial charge < -0.3 is 19.1 Å². The molecule has 2 fully saturated rings. The number of carbonyl (C=O) groups is 1. The first-order chi connectivity index (χ1) is 12.7. The van der Waals surface area contributed by atoms with E-state index in [0.717, 1.165) is 44.2 Å². The minimum absolute atomic E-state index is 0.0548.